The lowest BCUT2D eigenvalue weighted by Gasteiger charge is -2.15. The van der Waals surface area contributed by atoms with Crippen molar-refractivity contribution in [2.45, 2.75) is 45.7 Å². The Balaban J connectivity index is 1.61. The average molecular weight is 311 g/mol. The molecule has 0 aliphatic heterocycles. The number of hydrogen-bond acceptors (Lipinski definition) is 4. The first-order valence-electron chi connectivity index (χ1n) is 8.06. The fraction of sp³-hybridized carbons (Fsp3) is 0.389. The van der Waals surface area contributed by atoms with E-state index in [-0.39, 0.29) is 10.6 Å². The lowest BCUT2D eigenvalue weighted by molar-refractivity contribution is -0.385. The Morgan fingerprint density at radius 3 is 2.83 bits per heavy atom. The van der Waals surface area contributed by atoms with Gasteiger partial charge < -0.3 is 5.32 Å². The fourth-order valence-electron chi connectivity index (χ4n) is 3.02. The first kappa shape index (κ1) is 15.6. The van der Waals surface area contributed by atoms with Gasteiger partial charge in [-0.15, -0.1) is 0 Å². The number of nitro groups is 1. The van der Waals surface area contributed by atoms with Gasteiger partial charge in [-0.1, -0.05) is 18.2 Å². The molecule has 1 aliphatic carbocycles. The Hall–Kier alpha value is -2.27. The van der Waals surface area contributed by atoms with Crippen molar-refractivity contribution in [1.29, 1.82) is 0 Å². The molecule has 0 atom stereocenters. The van der Waals surface area contributed by atoms with Crippen molar-refractivity contribution in [3.05, 3.63) is 68.5 Å². The van der Waals surface area contributed by atoms with E-state index in [0.29, 0.717) is 18.7 Å². The maximum Gasteiger partial charge on any atom is 0.272 e. The number of nitro benzene ring substituents is 1. The highest BCUT2D eigenvalue weighted by molar-refractivity contribution is 5.42. The van der Waals surface area contributed by atoms with Gasteiger partial charge in [-0.25, -0.2) is 0 Å². The molecule has 5 nitrogen and oxygen atoms in total. The Bertz CT molecular complexity index is 728. The van der Waals surface area contributed by atoms with Crippen LogP contribution in [0.4, 0.5) is 5.69 Å². The van der Waals surface area contributed by atoms with Crippen LogP contribution in [0.1, 0.15) is 40.9 Å². The molecule has 0 saturated carbocycles. The number of benzene rings is 1. The zero-order valence-electron chi connectivity index (χ0n) is 13.3. The van der Waals surface area contributed by atoms with Crippen LogP contribution in [0.2, 0.25) is 0 Å². The molecule has 23 heavy (non-hydrogen) atoms. The van der Waals surface area contributed by atoms with E-state index >= 15 is 0 Å². The van der Waals surface area contributed by atoms with Crippen molar-refractivity contribution in [3.63, 3.8) is 0 Å². The van der Waals surface area contributed by atoms with Crippen molar-refractivity contribution in [2.75, 3.05) is 0 Å². The predicted octanol–water partition coefficient (Wildman–Crippen LogP) is 3.47. The number of hydrogen-bond donors (Lipinski definition) is 1. The summed E-state index contributed by atoms with van der Waals surface area (Å²) >= 11 is 0. The number of nitrogens with zero attached hydrogens (tertiary/aromatic N) is 2. The topological polar surface area (TPSA) is 68.1 Å². The molecule has 0 bridgehead atoms. The van der Waals surface area contributed by atoms with Gasteiger partial charge in [0.05, 0.1) is 10.6 Å². The number of nitrogens with one attached hydrogen (secondary N) is 1. The standard InChI is InChI=1S/C18H21N3O2/c1-13-6-7-14(10-18(13)21(22)23)11-19-12-16-9-8-15-4-2-3-5-17(15)20-16/h6-10,19H,2-5,11-12H2,1H3. The molecule has 0 radical (unpaired) electrons. The molecule has 5 heteroatoms. The van der Waals surface area contributed by atoms with Crippen LogP contribution in [0, 0.1) is 17.0 Å². The second kappa shape index (κ2) is 6.87. The Morgan fingerprint density at radius 1 is 1.17 bits per heavy atom. The number of fused-ring (bicyclic) bond motifs is 1. The number of aromatic nitrogens is 1. The molecule has 1 heterocycles. The quantitative estimate of drug-likeness (QED) is 0.678. The summed E-state index contributed by atoms with van der Waals surface area (Å²) in [7, 11) is 0. The largest absolute Gasteiger partial charge is 0.307 e. The summed E-state index contributed by atoms with van der Waals surface area (Å²) < 4.78 is 0. The third kappa shape index (κ3) is 3.74. The van der Waals surface area contributed by atoms with E-state index in [1.165, 1.54) is 24.1 Å². The summed E-state index contributed by atoms with van der Waals surface area (Å²) in [6.45, 7) is 3.03. The number of aryl methyl sites for hydroxylation is 3. The van der Waals surface area contributed by atoms with E-state index in [4.69, 9.17) is 4.98 Å². The normalized spacial score (nSPS) is 13.6. The van der Waals surface area contributed by atoms with Gasteiger partial charge in [0.25, 0.3) is 5.69 Å². The van der Waals surface area contributed by atoms with Crippen molar-refractivity contribution in [1.82, 2.24) is 10.3 Å². The van der Waals surface area contributed by atoms with Crippen LogP contribution in [0.3, 0.4) is 0 Å². The molecule has 1 aromatic carbocycles. The lowest BCUT2D eigenvalue weighted by atomic mass is 9.96. The van der Waals surface area contributed by atoms with Gasteiger partial charge in [-0.2, -0.15) is 0 Å². The predicted molar refractivity (Wildman–Crippen MR) is 89.3 cm³/mol. The molecule has 0 fully saturated rings. The van der Waals surface area contributed by atoms with Crippen LogP contribution >= 0.6 is 0 Å². The molecular formula is C18H21N3O2. The van der Waals surface area contributed by atoms with E-state index < -0.39 is 0 Å². The summed E-state index contributed by atoms with van der Waals surface area (Å²) in [6, 6.07) is 9.63. The SMILES string of the molecule is Cc1ccc(CNCc2ccc3c(n2)CCCC3)cc1[N+](=O)[O-]. The van der Waals surface area contributed by atoms with Gasteiger partial charge in [0, 0.05) is 30.4 Å². The highest BCUT2D eigenvalue weighted by Gasteiger charge is 2.12. The number of pyridine rings is 1. The van der Waals surface area contributed by atoms with Crippen LogP contribution in [-0.4, -0.2) is 9.91 Å². The van der Waals surface area contributed by atoms with Crippen molar-refractivity contribution in [2.24, 2.45) is 0 Å². The highest BCUT2D eigenvalue weighted by atomic mass is 16.6. The second-order valence-electron chi connectivity index (χ2n) is 6.10. The van der Waals surface area contributed by atoms with Gasteiger partial charge in [0.2, 0.25) is 0 Å². The molecule has 0 unspecified atom stereocenters. The molecule has 120 valence electrons. The third-order valence-corrected chi connectivity index (χ3v) is 4.34. The molecule has 0 saturated heterocycles. The fourth-order valence-corrected chi connectivity index (χ4v) is 3.02. The molecule has 1 aromatic heterocycles. The van der Waals surface area contributed by atoms with Crippen LogP contribution in [0.25, 0.3) is 0 Å². The van der Waals surface area contributed by atoms with E-state index in [9.17, 15) is 10.1 Å². The molecular weight excluding hydrogens is 290 g/mol. The summed E-state index contributed by atoms with van der Waals surface area (Å²) in [5, 5.41) is 14.3. The van der Waals surface area contributed by atoms with E-state index in [1.807, 2.05) is 6.07 Å². The molecule has 0 amide bonds. The summed E-state index contributed by atoms with van der Waals surface area (Å²) in [5.41, 5.74) is 5.44. The van der Waals surface area contributed by atoms with Gasteiger partial charge in [-0.3, -0.25) is 15.1 Å². The summed E-state index contributed by atoms with van der Waals surface area (Å²) in [6.07, 6.45) is 4.71. The molecule has 0 spiro atoms. The van der Waals surface area contributed by atoms with Crippen LogP contribution in [0.15, 0.2) is 30.3 Å². The van der Waals surface area contributed by atoms with E-state index in [2.05, 4.69) is 17.4 Å². The van der Waals surface area contributed by atoms with Gasteiger partial charge >= 0.3 is 0 Å². The van der Waals surface area contributed by atoms with Crippen LogP contribution < -0.4 is 5.32 Å². The third-order valence-electron chi connectivity index (χ3n) is 4.34. The monoisotopic (exact) mass is 311 g/mol. The molecule has 1 N–H and O–H groups in total. The second-order valence-corrected chi connectivity index (χ2v) is 6.10. The first-order valence-corrected chi connectivity index (χ1v) is 8.06. The lowest BCUT2D eigenvalue weighted by Crippen LogP contribution is -2.15. The Labute approximate surface area is 135 Å². The van der Waals surface area contributed by atoms with Crippen molar-refractivity contribution in [3.8, 4) is 0 Å². The van der Waals surface area contributed by atoms with Crippen LogP contribution in [-0.2, 0) is 25.9 Å². The summed E-state index contributed by atoms with van der Waals surface area (Å²) in [4.78, 5) is 15.4. The minimum Gasteiger partial charge on any atom is -0.307 e. The zero-order chi connectivity index (χ0) is 16.2. The number of rotatable bonds is 5. The smallest absolute Gasteiger partial charge is 0.272 e. The van der Waals surface area contributed by atoms with Crippen molar-refractivity contribution < 1.29 is 4.92 Å². The average Bonchev–Trinajstić information content (AvgIpc) is 2.56. The first-order chi connectivity index (χ1) is 11.1. The van der Waals surface area contributed by atoms with Crippen molar-refractivity contribution >= 4 is 5.69 Å². The van der Waals surface area contributed by atoms with Gasteiger partial charge in [0.15, 0.2) is 0 Å². The van der Waals surface area contributed by atoms with Crippen LogP contribution in [0.5, 0.6) is 0 Å². The van der Waals surface area contributed by atoms with Gasteiger partial charge in [-0.05, 0) is 49.8 Å². The summed E-state index contributed by atoms with van der Waals surface area (Å²) in [5.74, 6) is 0. The highest BCUT2D eigenvalue weighted by Crippen LogP contribution is 2.20. The molecule has 2 aromatic rings. The zero-order valence-corrected chi connectivity index (χ0v) is 13.3. The molecule has 3 rings (SSSR count). The Morgan fingerprint density at radius 2 is 2.00 bits per heavy atom. The molecule has 1 aliphatic rings. The minimum absolute atomic E-state index is 0.177. The minimum atomic E-state index is -0.329. The van der Waals surface area contributed by atoms with E-state index in [0.717, 1.165) is 24.1 Å². The maximum absolute atomic E-state index is 11.0. The Kier molecular flexibility index (Phi) is 4.67. The van der Waals surface area contributed by atoms with Gasteiger partial charge in [0.1, 0.15) is 0 Å². The maximum atomic E-state index is 11.0. The van der Waals surface area contributed by atoms with E-state index in [1.54, 1.807) is 19.1 Å².